The zero-order valence-corrected chi connectivity index (χ0v) is 12.4. The first-order chi connectivity index (χ1) is 9.56. The number of carbonyl (C=O) groups is 2. The second-order valence-electron chi connectivity index (χ2n) is 4.82. The Morgan fingerprint density at radius 3 is 2.30 bits per heavy atom. The van der Waals surface area contributed by atoms with Gasteiger partial charge < -0.3 is 20.0 Å². The van der Waals surface area contributed by atoms with E-state index in [1.54, 1.807) is 24.3 Å². The molecule has 5 nitrogen and oxygen atoms in total. The molecular weight excluding hydrogens is 373 g/mol. The molecule has 0 radical (unpaired) electrons. The fraction of sp³-hybridized carbons (Fsp3) is 0.286. The third-order valence-corrected chi connectivity index (χ3v) is 4.31. The van der Waals surface area contributed by atoms with Gasteiger partial charge in [-0.05, 0) is 46.9 Å². The van der Waals surface area contributed by atoms with Crippen LogP contribution in [0.25, 0.3) is 0 Å². The Kier molecular flexibility index (Phi) is 3.51. The topological polar surface area (TPSA) is 78.5 Å². The minimum atomic E-state index is -1.25. The number of fused-ring (bicyclic) bond motifs is 2. The molecule has 1 aromatic rings. The van der Waals surface area contributed by atoms with E-state index in [1.165, 1.54) is 0 Å². The van der Waals surface area contributed by atoms with Gasteiger partial charge in [-0.15, -0.1) is 0 Å². The van der Waals surface area contributed by atoms with E-state index in [0.29, 0.717) is 5.69 Å². The van der Waals surface area contributed by atoms with Crippen molar-refractivity contribution in [3.63, 3.8) is 0 Å². The predicted octanol–water partition coefficient (Wildman–Crippen LogP) is 0.549. The number of anilines is 1. The van der Waals surface area contributed by atoms with Crippen molar-refractivity contribution >= 4 is 40.2 Å². The lowest BCUT2D eigenvalue weighted by molar-refractivity contribution is -0.313. The highest BCUT2D eigenvalue weighted by molar-refractivity contribution is 14.1. The maximum atomic E-state index is 12.3. The van der Waals surface area contributed by atoms with Crippen molar-refractivity contribution in [2.24, 2.45) is 11.8 Å². The predicted molar refractivity (Wildman–Crippen MR) is 77.6 cm³/mol. The summed E-state index contributed by atoms with van der Waals surface area (Å²) in [5.41, 5.74) is 0.638. The minimum absolute atomic E-state index is 0.350. The summed E-state index contributed by atoms with van der Waals surface area (Å²) in [6, 6.07) is 7.28. The monoisotopic (exact) mass is 384 g/mol. The van der Waals surface area contributed by atoms with Crippen LogP contribution in [0.2, 0.25) is 0 Å². The number of nitrogens with one attached hydrogen (secondary N) is 1. The van der Waals surface area contributed by atoms with Crippen molar-refractivity contribution in [2.75, 3.05) is 5.32 Å². The summed E-state index contributed by atoms with van der Waals surface area (Å²) in [4.78, 5) is 23.5. The maximum Gasteiger partial charge on any atom is 0.231 e. The molecule has 20 heavy (non-hydrogen) atoms. The van der Waals surface area contributed by atoms with Crippen LogP contribution in [0.4, 0.5) is 5.69 Å². The molecule has 2 aliphatic rings. The summed E-state index contributed by atoms with van der Waals surface area (Å²) in [5, 5.41) is 13.9. The SMILES string of the molecule is O=C([O-])[C@@H]1[C@H](C(=O)Nc2ccc(I)cc2)[C@H]2C=C[C@@H]1O2. The Hall–Kier alpha value is -1.41. The molecule has 1 saturated heterocycles. The number of rotatable bonds is 3. The van der Waals surface area contributed by atoms with E-state index in [-0.39, 0.29) is 5.91 Å². The molecule has 0 spiro atoms. The zero-order valence-electron chi connectivity index (χ0n) is 10.3. The number of carboxylic acid groups (broad SMARTS) is 1. The van der Waals surface area contributed by atoms with Crippen LogP contribution in [0.15, 0.2) is 36.4 Å². The van der Waals surface area contributed by atoms with E-state index in [2.05, 4.69) is 27.9 Å². The Labute approximate surface area is 129 Å². The number of ether oxygens (including phenoxy) is 1. The molecule has 104 valence electrons. The summed E-state index contributed by atoms with van der Waals surface area (Å²) >= 11 is 2.17. The van der Waals surface area contributed by atoms with Gasteiger partial charge in [-0.2, -0.15) is 0 Å². The first-order valence-corrected chi connectivity index (χ1v) is 7.25. The van der Waals surface area contributed by atoms with Gasteiger partial charge in [-0.25, -0.2) is 0 Å². The summed E-state index contributed by atoms with van der Waals surface area (Å²) < 4.78 is 6.50. The van der Waals surface area contributed by atoms with Crippen LogP contribution >= 0.6 is 22.6 Å². The number of benzene rings is 1. The first kappa shape index (κ1) is 13.6. The molecule has 0 unspecified atom stereocenters. The van der Waals surface area contributed by atoms with E-state index in [4.69, 9.17) is 4.74 Å². The summed E-state index contributed by atoms with van der Waals surface area (Å²) in [5.74, 6) is -3.26. The van der Waals surface area contributed by atoms with Gasteiger partial charge in [0.25, 0.3) is 0 Å². The van der Waals surface area contributed by atoms with Crippen LogP contribution in [0.1, 0.15) is 0 Å². The fourth-order valence-corrected chi connectivity index (χ4v) is 3.02. The number of hydrogen-bond donors (Lipinski definition) is 1. The van der Waals surface area contributed by atoms with Crippen molar-refractivity contribution in [1.29, 1.82) is 0 Å². The maximum absolute atomic E-state index is 12.3. The highest BCUT2D eigenvalue weighted by atomic mass is 127. The number of carboxylic acids is 1. The molecule has 2 bridgehead atoms. The quantitative estimate of drug-likeness (QED) is 0.610. The van der Waals surface area contributed by atoms with Crippen molar-refractivity contribution < 1.29 is 19.4 Å². The molecule has 0 aromatic heterocycles. The first-order valence-electron chi connectivity index (χ1n) is 6.17. The Balaban J connectivity index is 1.78. The van der Waals surface area contributed by atoms with E-state index in [1.807, 2.05) is 12.1 Å². The third kappa shape index (κ3) is 2.33. The molecule has 1 aromatic carbocycles. The third-order valence-electron chi connectivity index (χ3n) is 3.59. The van der Waals surface area contributed by atoms with Crippen molar-refractivity contribution in [3.05, 3.63) is 40.0 Å². The fourth-order valence-electron chi connectivity index (χ4n) is 2.66. The van der Waals surface area contributed by atoms with Gasteiger partial charge in [-0.1, -0.05) is 12.2 Å². The van der Waals surface area contributed by atoms with Gasteiger partial charge in [0.05, 0.1) is 18.1 Å². The molecule has 0 saturated carbocycles. The molecule has 0 aliphatic carbocycles. The number of halogens is 1. The standard InChI is InChI=1S/C14H12INO4/c15-7-1-3-8(4-2-7)16-13(17)11-9-5-6-10(20-9)12(11)14(18)19/h1-6,9-12H,(H,16,17)(H,18,19)/p-1/t9-,10+,11-,12+/m1/s1. The average Bonchev–Trinajstić information content (AvgIpc) is 3.01. The van der Waals surface area contributed by atoms with Crippen LogP contribution in [0.3, 0.4) is 0 Å². The molecule has 6 heteroatoms. The molecule has 1 N–H and O–H groups in total. The lowest BCUT2D eigenvalue weighted by Crippen LogP contribution is -2.45. The summed E-state index contributed by atoms with van der Waals surface area (Å²) in [7, 11) is 0. The molecule has 1 amide bonds. The molecule has 3 rings (SSSR count). The number of hydrogen-bond acceptors (Lipinski definition) is 4. The number of amides is 1. The second kappa shape index (κ2) is 5.17. The normalized spacial score (nSPS) is 30.4. The van der Waals surface area contributed by atoms with Crippen molar-refractivity contribution in [2.45, 2.75) is 12.2 Å². The second-order valence-corrected chi connectivity index (χ2v) is 6.06. The molecule has 1 fully saturated rings. The lowest BCUT2D eigenvalue weighted by Gasteiger charge is -2.24. The van der Waals surface area contributed by atoms with Crippen LogP contribution in [-0.4, -0.2) is 24.1 Å². The molecule has 2 heterocycles. The molecular formula is C14H11INO4-. The van der Waals surface area contributed by atoms with Gasteiger partial charge in [0, 0.05) is 21.1 Å². The van der Waals surface area contributed by atoms with Crippen molar-refractivity contribution in [3.8, 4) is 0 Å². The number of carbonyl (C=O) groups excluding carboxylic acids is 2. The van der Waals surface area contributed by atoms with E-state index >= 15 is 0 Å². The zero-order chi connectivity index (χ0) is 14.3. The molecule has 2 aliphatic heterocycles. The van der Waals surface area contributed by atoms with Crippen LogP contribution in [-0.2, 0) is 14.3 Å². The van der Waals surface area contributed by atoms with Crippen molar-refractivity contribution in [1.82, 2.24) is 0 Å². The van der Waals surface area contributed by atoms with Gasteiger partial charge >= 0.3 is 0 Å². The van der Waals surface area contributed by atoms with Crippen LogP contribution in [0.5, 0.6) is 0 Å². The Bertz CT molecular complexity index is 583. The van der Waals surface area contributed by atoms with Gasteiger partial charge in [-0.3, -0.25) is 4.79 Å². The Morgan fingerprint density at radius 1 is 1.10 bits per heavy atom. The van der Waals surface area contributed by atoms with E-state index in [0.717, 1.165) is 3.57 Å². The van der Waals surface area contributed by atoms with E-state index in [9.17, 15) is 14.7 Å². The number of aliphatic carboxylic acids is 1. The largest absolute Gasteiger partial charge is 0.550 e. The summed E-state index contributed by atoms with van der Waals surface area (Å²) in [6.07, 6.45) is 2.38. The minimum Gasteiger partial charge on any atom is -0.550 e. The highest BCUT2D eigenvalue weighted by Gasteiger charge is 2.50. The average molecular weight is 384 g/mol. The summed E-state index contributed by atoms with van der Waals surface area (Å²) in [6.45, 7) is 0. The highest BCUT2D eigenvalue weighted by Crippen LogP contribution is 2.39. The van der Waals surface area contributed by atoms with E-state index < -0.39 is 30.0 Å². The van der Waals surface area contributed by atoms with Gasteiger partial charge in [0.15, 0.2) is 0 Å². The smallest absolute Gasteiger partial charge is 0.231 e. The molecule has 4 atom stereocenters. The van der Waals surface area contributed by atoms with Gasteiger partial charge in [0.1, 0.15) is 0 Å². The van der Waals surface area contributed by atoms with Gasteiger partial charge in [0.2, 0.25) is 5.91 Å². The Morgan fingerprint density at radius 2 is 1.70 bits per heavy atom. The lowest BCUT2D eigenvalue weighted by atomic mass is 9.82. The van der Waals surface area contributed by atoms with Crippen LogP contribution in [0, 0.1) is 15.4 Å². The van der Waals surface area contributed by atoms with Crippen LogP contribution < -0.4 is 10.4 Å².